The molecule has 0 fully saturated rings. The minimum absolute atomic E-state index is 0.0389. The van der Waals surface area contributed by atoms with E-state index < -0.39 is 0 Å². The van der Waals surface area contributed by atoms with Gasteiger partial charge in [0.05, 0.1) is 0 Å². The van der Waals surface area contributed by atoms with Crippen LogP contribution in [0.5, 0.6) is 0 Å². The smallest absolute Gasteiger partial charge is 0.227 e. The molecule has 3 heteroatoms. The topological polar surface area (TPSA) is 55.1 Å². The van der Waals surface area contributed by atoms with Crippen LogP contribution in [0.15, 0.2) is 18.2 Å². The number of carbonyl (C=O) groups excluding carboxylic acids is 1. The van der Waals surface area contributed by atoms with Crippen LogP contribution in [0, 0.1) is 12.8 Å². The largest absolute Gasteiger partial charge is 0.330 e. The summed E-state index contributed by atoms with van der Waals surface area (Å²) in [6.45, 7) is 11.0. The van der Waals surface area contributed by atoms with Gasteiger partial charge in [0.1, 0.15) is 0 Å². The second-order valence-corrected chi connectivity index (χ2v) is 6.25. The Kier molecular flexibility index (Phi) is 5.12. The second kappa shape index (κ2) is 6.20. The van der Waals surface area contributed by atoms with Crippen molar-refractivity contribution in [1.82, 2.24) is 0 Å². The molecule has 19 heavy (non-hydrogen) atoms. The highest BCUT2D eigenvalue weighted by molar-refractivity contribution is 5.93. The number of anilines is 1. The first kappa shape index (κ1) is 15.7. The van der Waals surface area contributed by atoms with Crippen molar-refractivity contribution in [3.8, 4) is 0 Å². The molecule has 0 saturated heterocycles. The molecule has 0 aliphatic carbocycles. The van der Waals surface area contributed by atoms with E-state index in [1.807, 2.05) is 19.9 Å². The average molecular weight is 262 g/mol. The van der Waals surface area contributed by atoms with Gasteiger partial charge in [-0.15, -0.1) is 0 Å². The van der Waals surface area contributed by atoms with Gasteiger partial charge in [-0.2, -0.15) is 0 Å². The Morgan fingerprint density at radius 1 is 1.37 bits per heavy atom. The minimum Gasteiger partial charge on any atom is -0.330 e. The Hall–Kier alpha value is -1.35. The highest BCUT2D eigenvalue weighted by atomic mass is 16.1. The molecule has 0 aromatic heterocycles. The summed E-state index contributed by atoms with van der Waals surface area (Å²) in [6.07, 6.45) is 0.713. The van der Waals surface area contributed by atoms with Crippen molar-refractivity contribution < 1.29 is 4.79 Å². The van der Waals surface area contributed by atoms with Gasteiger partial charge in [-0.3, -0.25) is 4.79 Å². The van der Waals surface area contributed by atoms with Crippen molar-refractivity contribution in [2.24, 2.45) is 11.7 Å². The summed E-state index contributed by atoms with van der Waals surface area (Å²) in [4.78, 5) is 12.0. The van der Waals surface area contributed by atoms with E-state index in [0.29, 0.717) is 13.0 Å². The molecule has 3 N–H and O–H groups in total. The van der Waals surface area contributed by atoms with Crippen LogP contribution in [0.4, 0.5) is 5.69 Å². The Bertz CT molecular complexity index is 447. The van der Waals surface area contributed by atoms with Gasteiger partial charge in [0.15, 0.2) is 0 Å². The number of aryl methyl sites for hydroxylation is 1. The summed E-state index contributed by atoms with van der Waals surface area (Å²) in [7, 11) is 0. The van der Waals surface area contributed by atoms with Gasteiger partial charge in [0, 0.05) is 11.6 Å². The molecule has 0 spiro atoms. The number of nitrogens with one attached hydrogen (secondary N) is 1. The highest BCUT2D eigenvalue weighted by Gasteiger charge is 2.16. The average Bonchev–Trinajstić information content (AvgIpc) is 2.30. The first-order valence-corrected chi connectivity index (χ1v) is 6.87. The SMILES string of the molecule is Cc1cc(C(C)(C)C)ccc1NC(=O)C(C)CCN. The molecule has 1 amide bonds. The lowest BCUT2D eigenvalue weighted by Gasteiger charge is -2.21. The first-order valence-electron chi connectivity index (χ1n) is 6.87. The molecular formula is C16H26N2O. The number of carbonyl (C=O) groups is 1. The van der Waals surface area contributed by atoms with E-state index in [1.165, 1.54) is 5.56 Å². The van der Waals surface area contributed by atoms with Crippen LogP contribution in [0.1, 0.15) is 45.2 Å². The van der Waals surface area contributed by atoms with Gasteiger partial charge in [0.2, 0.25) is 5.91 Å². The second-order valence-electron chi connectivity index (χ2n) is 6.25. The predicted molar refractivity (Wildman–Crippen MR) is 81.3 cm³/mol. The molecule has 1 unspecified atom stereocenters. The van der Waals surface area contributed by atoms with Crippen LogP contribution < -0.4 is 11.1 Å². The molecule has 0 bridgehead atoms. The van der Waals surface area contributed by atoms with E-state index in [9.17, 15) is 4.79 Å². The Morgan fingerprint density at radius 3 is 2.47 bits per heavy atom. The van der Waals surface area contributed by atoms with Crippen molar-refractivity contribution in [3.05, 3.63) is 29.3 Å². The van der Waals surface area contributed by atoms with Crippen molar-refractivity contribution in [3.63, 3.8) is 0 Å². The normalized spacial score (nSPS) is 13.2. The Morgan fingerprint density at radius 2 is 2.00 bits per heavy atom. The quantitative estimate of drug-likeness (QED) is 0.875. The number of hydrogen-bond acceptors (Lipinski definition) is 2. The first-order chi connectivity index (χ1) is 8.75. The van der Waals surface area contributed by atoms with Crippen LogP contribution in [-0.4, -0.2) is 12.5 Å². The van der Waals surface area contributed by atoms with Crippen LogP contribution >= 0.6 is 0 Å². The summed E-state index contributed by atoms with van der Waals surface area (Å²) >= 11 is 0. The molecule has 1 atom stereocenters. The minimum atomic E-state index is -0.0494. The maximum absolute atomic E-state index is 12.0. The number of nitrogens with two attached hydrogens (primary N) is 1. The molecular weight excluding hydrogens is 236 g/mol. The van der Waals surface area contributed by atoms with E-state index in [2.05, 4.69) is 38.2 Å². The highest BCUT2D eigenvalue weighted by Crippen LogP contribution is 2.26. The lowest BCUT2D eigenvalue weighted by atomic mass is 9.86. The van der Waals surface area contributed by atoms with Crippen molar-refractivity contribution in [2.45, 2.75) is 46.5 Å². The van der Waals surface area contributed by atoms with Crippen molar-refractivity contribution >= 4 is 11.6 Å². The lowest BCUT2D eigenvalue weighted by molar-refractivity contribution is -0.119. The maximum atomic E-state index is 12.0. The van der Waals surface area contributed by atoms with E-state index in [0.717, 1.165) is 11.3 Å². The van der Waals surface area contributed by atoms with Gasteiger partial charge in [0.25, 0.3) is 0 Å². The Balaban J connectivity index is 2.84. The van der Waals surface area contributed by atoms with Gasteiger partial charge in [-0.1, -0.05) is 39.8 Å². The van der Waals surface area contributed by atoms with Crippen LogP contribution in [0.2, 0.25) is 0 Å². The molecule has 0 heterocycles. The summed E-state index contributed by atoms with van der Waals surface area (Å²) in [5.74, 6) is -0.0104. The van der Waals surface area contributed by atoms with E-state index in [4.69, 9.17) is 5.73 Å². The summed E-state index contributed by atoms with van der Waals surface area (Å²) < 4.78 is 0. The maximum Gasteiger partial charge on any atom is 0.227 e. The molecule has 1 rings (SSSR count). The molecule has 1 aromatic carbocycles. The van der Waals surface area contributed by atoms with Gasteiger partial charge >= 0.3 is 0 Å². The van der Waals surface area contributed by atoms with Crippen LogP contribution in [-0.2, 0) is 10.2 Å². The predicted octanol–water partition coefficient (Wildman–Crippen LogP) is 3.22. The molecule has 1 aromatic rings. The van der Waals surface area contributed by atoms with Gasteiger partial charge in [-0.05, 0) is 42.5 Å². The molecule has 0 aliphatic heterocycles. The van der Waals surface area contributed by atoms with E-state index >= 15 is 0 Å². The van der Waals surface area contributed by atoms with Crippen molar-refractivity contribution in [2.75, 3.05) is 11.9 Å². The fourth-order valence-corrected chi connectivity index (χ4v) is 1.91. The molecule has 0 saturated carbocycles. The van der Waals surface area contributed by atoms with E-state index in [-0.39, 0.29) is 17.2 Å². The fraction of sp³-hybridized carbons (Fsp3) is 0.562. The zero-order valence-corrected chi connectivity index (χ0v) is 12.7. The number of amides is 1. The van der Waals surface area contributed by atoms with Gasteiger partial charge < -0.3 is 11.1 Å². The summed E-state index contributed by atoms with van der Waals surface area (Å²) in [6, 6.07) is 6.21. The third-order valence-corrected chi connectivity index (χ3v) is 3.40. The summed E-state index contributed by atoms with van der Waals surface area (Å²) in [5.41, 5.74) is 8.87. The van der Waals surface area contributed by atoms with E-state index in [1.54, 1.807) is 0 Å². The Labute approximate surface area is 116 Å². The van der Waals surface area contributed by atoms with Gasteiger partial charge in [-0.25, -0.2) is 0 Å². The molecule has 106 valence electrons. The molecule has 0 radical (unpaired) electrons. The monoisotopic (exact) mass is 262 g/mol. The molecule has 3 nitrogen and oxygen atoms in total. The third-order valence-electron chi connectivity index (χ3n) is 3.40. The summed E-state index contributed by atoms with van der Waals surface area (Å²) in [5, 5.41) is 2.98. The zero-order chi connectivity index (χ0) is 14.6. The third kappa shape index (κ3) is 4.35. The zero-order valence-electron chi connectivity index (χ0n) is 12.7. The fourth-order valence-electron chi connectivity index (χ4n) is 1.91. The van der Waals surface area contributed by atoms with Crippen LogP contribution in [0.25, 0.3) is 0 Å². The number of hydrogen-bond donors (Lipinski definition) is 2. The number of benzene rings is 1. The van der Waals surface area contributed by atoms with Crippen molar-refractivity contribution in [1.29, 1.82) is 0 Å². The lowest BCUT2D eigenvalue weighted by Crippen LogP contribution is -2.23. The standard InChI is InChI=1S/C16H26N2O/c1-11(8-9-17)15(19)18-14-7-6-13(10-12(14)2)16(3,4)5/h6-7,10-11H,8-9,17H2,1-5H3,(H,18,19). The van der Waals surface area contributed by atoms with Crippen LogP contribution in [0.3, 0.4) is 0 Å². The number of rotatable bonds is 4. The molecule has 0 aliphatic rings.